The summed E-state index contributed by atoms with van der Waals surface area (Å²) in [7, 11) is 0. The van der Waals surface area contributed by atoms with Crippen molar-refractivity contribution in [3.8, 4) is 11.5 Å². The third kappa shape index (κ3) is 4.32. The van der Waals surface area contributed by atoms with Crippen LogP contribution in [0.15, 0.2) is 18.2 Å². The minimum Gasteiger partial charge on any atom is -0.454 e. The molecule has 132 valence electrons. The first-order chi connectivity index (χ1) is 11.6. The van der Waals surface area contributed by atoms with Crippen molar-refractivity contribution in [1.82, 2.24) is 15.5 Å². The summed E-state index contributed by atoms with van der Waals surface area (Å²) in [5, 5.41) is 5.92. The number of amides is 2. The average molecular weight is 333 g/mol. The first-order valence-electron chi connectivity index (χ1n) is 8.78. The topological polar surface area (TPSA) is 62.8 Å². The van der Waals surface area contributed by atoms with Crippen LogP contribution in [0.2, 0.25) is 0 Å². The molecule has 24 heavy (non-hydrogen) atoms. The second-order valence-electron chi connectivity index (χ2n) is 6.78. The molecule has 1 saturated heterocycles. The van der Waals surface area contributed by atoms with Gasteiger partial charge < -0.3 is 25.0 Å². The lowest BCUT2D eigenvalue weighted by molar-refractivity contribution is 0.174. The number of ether oxygens (including phenoxy) is 2. The molecule has 1 aromatic rings. The molecule has 1 fully saturated rings. The van der Waals surface area contributed by atoms with E-state index in [9.17, 15) is 4.79 Å². The van der Waals surface area contributed by atoms with Gasteiger partial charge in [-0.1, -0.05) is 13.0 Å². The Labute approximate surface area is 143 Å². The molecule has 2 atom stereocenters. The fourth-order valence-corrected chi connectivity index (χ4v) is 3.33. The highest BCUT2D eigenvalue weighted by atomic mass is 16.7. The first kappa shape index (κ1) is 16.9. The SMILES string of the molecule is CC1CCCN(CCNC(=O)NC(C)c2ccc3c(c2)OCO3)C1. The Morgan fingerprint density at radius 2 is 2.21 bits per heavy atom. The van der Waals surface area contributed by atoms with Crippen LogP contribution in [0.25, 0.3) is 0 Å². The maximum absolute atomic E-state index is 12.1. The van der Waals surface area contributed by atoms with Crippen LogP contribution < -0.4 is 20.1 Å². The van der Waals surface area contributed by atoms with Gasteiger partial charge in [0.2, 0.25) is 6.79 Å². The molecule has 2 heterocycles. The van der Waals surface area contributed by atoms with Gasteiger partial charge in [-0.3, -0.25) is 0 Å². The lowest BCUT2D eigenvalue weighted by Crippen LogP contribution is -2.43. The summed E-state index contributed by atoms with van der Waals surface area (Å²) in [4.78, 5) is 14.5. The minimum atomic E-state index is -0.134. The van der Waals surface area contributed by atoms with Gasteiger partial charge in [0.15, 0.2) is 11.5 Å². The van der Waals surface area contributed by atoms with Crippen molar-refractivity contribution in [3.63, 3.8) is 0 Å². The molecule has 0 radical (unpaired) electrons. The summed E-state index contributed by atoms with van der Waals surface area (Å²) in [5.41, 5.74) is 0.999. The third-order valence-electron chi connectivity index (χ3n) is 4.70. The average Bonchev–Trinajstić information content (AvgIpc) is 3.02. The molecule has 6 nitrogen and oxygen atoms in total. The van der Waals surface area contributed by atoms with Crippen LogP contribution >= 0.6 is 0 Å². The fourth-order valence-electron chi connectivity index (χ4n) is 3.33. The molecule has 0 bridgehead atoms. The van der Waals surface area contributed by atoms with Gasteiger partial charge in [-0.2, -0.15) is 0 Å². The number of rotatable bonds is 5. The molecule has 2 aliphatic heterocycles. The van der Waals surface area contributed by atoms with Crippen molar-refractivity contribution in [2.45, 2.75) is 32.7 Å². The van der Waals surface area contributed by atoms with E-state index in [0.717, 1.165) is 42.6 Å². The van der Waals surface area contributed by atoms with Crippen molar-refractivity contribution >= 4 is 6.03 Å². The van der Waals surface area contributed by atoms with E-state index in [2.05, 4.69) is 22.5 Å². The van der Waals surface area contributed by atoms with Gasteiger partial charge in [-0.05, 0) is 49.9 Å². The Balaban J connectivity index is 1.41. The number of nitrogens with one attached hydrogen (secondary N) is 2. The predicted octanol–water partition coefficient (Wildman–Crippen LogP) is 2.51. The number of hydrogen-bond donors (Lipinski definition) is 2. The lowest BCUT2D eigenvalue weighted by atomic mass is 10.0. The highest BCUT2D eigenvalue weighted by Gasteiger charge is 2.18. The molecular formula is C18H27N3O3. The molecule has 2 unspecified atom stereocenters. The number of carbonyl (C=O) groups excluding carboxylic acids is 1. The number of likely N-dealkylation sites (tertiary alicyclic amines) is 1. The van der Waals surface area contributed by atoms with Gasteiger partial charge in [-0.15, -0.1) is 0 Å². The zero-order chi connectivity index (χ0) is 16.9. The molecule has 1 aromatic carbocycles. The normalized spacial score (nSPS) is 21.3. The van der Waals surface area contributed by atoms with E-state index in [1.54, 1.807) is 0 Å². The van der Waals surface area contributed by atoms with E-state index in [4.69, 9.17) is 9.47 Å². The number of urea groups is 1. The van der Waals surface area contributed by atoms with E-state index in [1.807, 2.05) is 25.1 Å². The largest absolute Gasteiger partial charge is 0.454 e. The summed E-state index contributed by atoms with van der Waals surface area (Å²) >= 11 is 0. The van der Waals surface area contributed by atoms with Crippen LogP contribution in [-0.4, -0.2) is 43.9 Å². The van der Waals surface area contributed by atoms with Crippen LogP contribution in [-0.2, 0) is 0 Å². The van der Waals surface area contributed by atoms with E-state index >= 15 is 0 Å². The smallest absolute Gasteiger partial charge is 0.315 e. The quantitative estimate of drug-likeness (QED) is 0.869. The zero-order valence-electron chi connectivity index (χ0n) is 14.5. The molecule has 0 spiro atoms. The van der Waals surface area contributed by atoms with Crippen molar-refractivity contribution in [2.24, 2.45) is 5.92 Å². The number of nitrogens with zero attached hydrogens (tertiary/aromatic N) is 1. The van der Waals surface area contributed by atoms with Gasteiger partial charge in [0, 0.05) is 19.6 Å². The molecule has 0 aliphatic carbocycles. The molecule has 6 heteroatoms. The maximum atomic E-state index is 12.1. The third-order valence-corrected chi connectivity index (χ3v) is 4.70. The van der Waals surface area contributed by atoms with Gasteiger partial charge in [0.25, 0.3) is 0 Å². The number of fused-ring (bicyclic) bond motifs is 1. The lowest BCUT2D eigenvalue weighted by Gasteiger charge is -2.30. The summed E-state index contributed by atoms with van der Waals surface area (Å²) < 4.78 is 10.7. The van der Waals surface area contributed by atoms with Gasteiger partial charge in [-0.25, -0.2) is 4.79 Å². The van der Waals surface area contributed by atoms with Crippen LogP contribution in [0, 0.1) is 5.92 Å². The van der Waals surface area contributed by atoms with Gasteiger partial charge in [0.1, 0.15) is 0 Å². The van der Waals surface area contributed by atoms with Crippen LogP contribution in [0.4, 0.5) is 4.79 Å². The van der Waals surface area contributed by atoms with Crippen molar-refractivity contribution in [3.05, 3.63) is 23.8 Å². The first-order valence-corrected chi connectivity index (χ1v) is 8.78. The van der Waals surface area contributed by atoms with E-state index in [-0.39, 0.29) is 18.9 Å². The van der Waals surface area contributed by atoms with Crippen LogP contribution in [0.1, 0.15) is 38.3 Å². The maximum Gasteiger partial charge on any atom is 0.315 e. The van der Waals surface area contributed by atoms with Crippen molar-refractivity contribution < 1.29 is 14.3 Å². The summed E-state index contributed by atoms with van der Waals surface area (Å²) in [6, 6.07) is 5.53. The second-order valence-corrected chi connectivity index (χ2v) is 6.78. The highest BCUT2D eigenvalue weighted by Crippen LogP contribution is 2.34. The number of hydrogen-bond acceptors (Lipinski definition) is 4. The number of benzene rings is 1. The molecule has 2 aliphatic rings. The second kappa shape index (κ2) is 7.75. The van der Waals surface area contributed by atoms with Gasteiger partial charge in [0.05, 0.1) is 6.04 Å². The Hall–Kier alpha value is -1.95. The van der Waals surface area contributed by atoms with Crippen LogP contribution in [0.5, 0.6) is 11.5 Å². The molecule has 0 saturated carbocycles. The molecule has 2 amide bonds. The van der Waals surface area contributed by atoms with Crippen molar-refractivity contribution in [1.29, 1.82) is 0 Å². The number of carbonyl (C=O) groups is 1. The van der Waals surface area contributed by atoms with Crippen molar-refractivity contribution in [2.75, 3.05) is 33.0 Å². The predicted molar refractivity (Wildman–Crippen MR) is 92.4 cm³/mol. The summed E-state index contributed by atoms with van der Waals surface area (Å²) in [6.45, 7) is 8.37. The fraction of sp³-hybridized carbons (Fsp3) is 0.611. The van der Waals surface area contributed by atoms with Crippen LogP contribution in [0.3, 0.4) is 0 Å². The Morgan fingerprint density at radius 1 is 1.38 bits per heavy atom. The van der Waals surface area contributed by atoms with E-state index < -0.39 is 0 Å². The van der Waals surface area contributed by atoms with Gasteiger partial charge >= 0.3 is 6.03 Å². The monoisotopic (exact) mass is 333 g/mol. The molecule has 3 rings (SSSR count). The Bertz CT molecular complexity index is 579. The molecule has 0 aromatic heterocycles. The zero-order valence-corrected chi connectivity index (χ0v) is 14.5. The van der Waals surface area contributed by atoms with E-state index in [1.165, 1.54) is 12.8 Å². The number of piperidine rings is 1. The van der Waals surface area contributed by atoms with E-state index in [0.29, 0.717) is 6.54 Å². The molecule has 2 N–H and O–H groups in total. The molecular weight excluding hydrogens is 306 g/mol. The highest BCUT2D eigenvalue weighted by molar-refractivity contribution is 5.74. The standard InChI is InChI=1S/C18H27N3O3/c1-13-4-3-8-21(11-13)9-7-19-18(22)20-14(2)15-5-6-16-17(10-15)24-12-23-16/h5-6,10,13-14H,3-4,7-9,11-12H2,1-2H3,(H2,19,20,22). The summed E-state index contributed by atoms with van der Waals surface area (Å²) in [5.74, 6) is 2.26. The summed E-state index contributed by atoms with van der Waals surface area (Å²) in [6.07, 6.45) is 2.58. The Kier molecular flexibility index (Phi) is 5.45. The Morgan fingerprint density at radius 3 is 3.04 bits per heavy atom. The minimum absolute atomic E-state index is 0.0884.